The number of carbonyl (C=O) groups is 4. The summed E-state index contributed by atoms with van der Waals surface area (Å²) in [6.07, 6.45) is -0.350. The maximum Gasteiger partial charge on any atom is 0.413 e. The second kappa shape index (κ2) is 23.7. The Morgan fingerprint density at radius 1 is 0.760 bits per heavy atom. The number of aliphatic imine (C=N–C) groups is 1. The zero-order chi connectivity index (χ0) is 53.2. The number of hydrogen-bond acceptors (Lipinski definition) is 14. The summed E-state index contributed by atoms with van der Waals surface area (Å²) < 4.78 is 17.5. The van der Waals surface area contributed by atoms with Crippen molar-refractivity contribution in [2.75, 3.05) is 17.6 Å². The summed E-state index contributed by atoms with van der Waals surface area (Å²) in [4.78, 5) is 72.4. The third-order valence-corrected chi connectivity index (χ3v) is 13.9. The lowest BCUT2D eigenvalue weighted by Gasteiger charge is -2.50. The number of aromatic nitrogens is 1. The topological polar surface area (TPSA) is 182 Å². The number of hydrogen-bond donors (Lipinski definition) is 3. The lowest BCUT2D eigenvalue weighted by Crippen LogP contribution is -2.71. The average molecular weight is 1060 g/mol. The minimum Gasteiger partial charge on any atom is -0.469 e. The number of thiocarbonyl (C=S) groups is 1. The number of amides is 4. The van der Waals surface area contributed by atoms with E-state index < -0.39 is 58.3 Å². The fourth-order valence-corrected chi connectivity index (χ4v) is 10.7. The molecule has 0 spiro atoms. The van der Waals surface area contributed by atoms with E-state index in [2.05, 4.69) is 31.1 Å². The third-order valence-electron chi connectivity index (χ3n) is 11.6. The van der Waals surface area contributed by atoms with E-state index in [-0.39, 0.29) is 28.1 Å². The first-order valence-electron chi connectivity index (χ1n) is 24.2. The molecule has 75 heavy (non-hydrogen) atoms. The molecule has 8 rings (SSSR count). The largest absolute Gasteiger partial charge is 0.469 e. The first-order valence-corrected chi connectivity index (χ1v) is 26.5. The molecular weight excluding hydrogens is 1010 g/mol. The van der Waals surface area contributed by atoms with E-state index in [1.165, 1.54) is 18.1 Å². The highest BCUT2D eigenvalue weighted by Gasteiger charge is 2.54. The highest BCUT2D eigenvalue weighted by molar-refractivity contribution is 8.00. The number of thioether (sulfide) groups is 1. The van der Waals surface area contributed by atoms with Gasteiger partial charge in [-0.3, -0.25) is 30.1 Å². The van der Waals surface area contributed by atoms with Gasteiger partial charge in [0, 0.05) is 34.4 Å². The Bertz CT molecular complexity index is 2940. The van der Waals surface area contributed by atoms with Crippen molar-refractivity contribution in [1.29, 1.82) is 0 Å². The van der Waals surface area contributed by atoms with E-state index in [1.807, 2.05) is 152 Å². The highest BCUT2D eigenvalue weighted by atomic mass is 32.2. The van der Waals surface area contributed by atoms with Crippen LogP contribution in [0.2, 0.25) is 0 Å². The van der Waals surface area contributed by atoms with Crippen LogP contribution in [0.15, 0.2) is 178 Å². The van der Waals surface area contributed by atoms with Crippen LogP contribution in [0, 0.1) is 0 Å². The molecule has 1 saturated heterocycles. The van der Waals surface area contributed by atoms with Crippen LogP contribution < -0.4 is 16.0 Å². The van der Waals surface area contributed by atoms with Gasteiger partial charge >= 0.3 is 12.2 Å². The smallest absolute Gasteiger partial charge is 0.413 e. The number of nitrogens with zero attached hydrogens (tertiary/aromatic N) is 4. The molecule has 5 aromatic carbocycles. The van der Waals surface area contributed by atoms with Crippen molar-refractivity contribution < 1.29 is 38.2 Å². The quantitative estimate of drug-likeness (QED) is 0.0197. The third kappa shape index (κ3) is 13.2. The van der Waals surface area contributed by atoms with Gasteiger partial charge in [-0.25, -0.2) is 14.6 Å². The van der Waals surface area contributed by atoms with Crippen molar-refractivity contribution in [1.82, 2.24) is 20.5 Å². The van der Waals surface area contributed by atoms with Crippen LogP contribution in [0.3, 0.4) is 0 Å². The molecule has 1 fully saturated rings. The molecule has 4 amide bonds. The molecule has 0 saturated carbocycles. The SMILES string of the molecule is CC(C)(C)OC(=O)NC=NCCC1=C(C(=S)OC(c2ccccc2)c2ccccc2)N2C(=O)C(NC(=O)/C(=N\OC(c3ccccc3)(c3ccccc3)c3ccccc3)c3csc(NC(=O)OC(C)(C)C)n3)[C@H]2SC1. The summed E-state index contributed by atoms with van der Waals surface area (Å²) in [6, 6.07) is 46.9. The van der Waals surface area contributed by atoms with Crippen LogP contribution >= 0.6 is 35.3 Å². The lowest BCUT2D eigenvalue weighted by atomic mass is 9.80. The second-order valence-electron chi connectivity index (χ2n) is 19.3. The molecule has 1 aromatic heterocycles. The van der Waals surface area contributed by atoms with Crippen LogP contribution in [0.1, 0.15) is 87.6 Å². The number of oxime groups is 1. The molecule has 3 heterocycles. The van der Waals surface area contributed by atoms with Crippen molar-refractivity contribution in [2.24, 2.45) is 10.1 Å². The summed E-state index contributed by atoms with van der Waals surface area (Å²) in [6.45, 7) is 10.8. The van der Waals surface area contributed by atoms with Gasteiger partial charge in [-0.15, -0.1) is 23.1 Å². The number of rotatable bonds is 17. The van der Waals surface area contributed by atoms with Crippen LogP contribution in [-0.2, 0) is 34.2 Å². The van der Waals surface area contributed by atoms with Gasteiger partial charge in [0.05, 0.1) is 12.0 Å². The van der Waals surface area contributed by atoms with E-state index in [0.717, 1.165) is 44.7 Å². The van der Waals surface area contributed by atoms with Crippen molar-refractivity contribution in [2.45, 2.75) is 82.3 Å². The minimum absolute atomic E-state index is 0.0681. The Hall–Kier alpha value is -7.67. The molecule has 0 radical (unpaired) electrons. The van der Waals surface area contributed by atoms with Crippen molar-refractivity contribution in [3.8, 4) is 0 Å². The molecule has 15 nitrogen and oxygen atoms in total. The fraction of sp³-hybridized carbons (Fsp3) is 0.263. The summed E-state index contributed by atoms with van der Waals surface area (Å²) in [5, 5.41) is 14.0. The van der Waals surface area contributed by atoms with E-state index in [4.69, 9.17) is 31.3 Å². The number of β-lactam (4-membered cyclic amide) rings is 1. The molecule has 3 N–H and O–H groups in total. The Balaban J connectivity index is 1.13. The van der Waals surface area contributed by atoms with Gasteiger partial charge in [-0.05, 0) is 76.9 Å². The van der Waals surface area contributed by atoms with Crippen molar-refractivity contribution in [3.63, 3.8) is 0 Å². The van der Waals surface area contributed by atoms with Gasteiger partial charge in [-0.1, -0.05) is 157 Å². The summed E-state index contributed by atoms with van der Waals surface area (Å²) in [5.41, 5.74) is 2.01. The molecule has 2 aliphatic heterocycles. The molecule has 6 aromatic rings. The maximum atomic E-state index is 15.0. The van der Waals surface area contributed by atoms with E-state index in [1.54, 1.807) is 51.8 Å². The molecule has 1 unspecified atom stereocenters. The molecule has 0 bridgehead atoms. The van der Waals surface area contributed by atoms with Crippen molar-refractivity contribution >= 4 is 81.5 Å². The zero-order valence-electron chi connectivity index (χ0n) is 42.2. The van der Waals surface area contributed by atoms with Crippen LogP contribution in [-0.4, -0.2) is 85.9 Å². The number of carbonyl (C=O) groups excluding carboxylic acids is 4. The van der Waals surface area contributed by atoms with Gasteiger partial charge < -0.3 is 24.4 Å². The van der Waals surface area contributed by atoms with Crippen LogP contribution in [0.5, 0.6) is 0 Å². The molecule has 0 aliphatic carbocycles. The van der Waals surface area contributed by atoms with E-state index >= 15 is 4.79 Å². The lowest BCUT2D eigenvalue weighted by molar-refractivity contribution is -0.144. The zero-order valence-corrected chi connectivity index (χ0v) is 44.7. The monoisotopic (exact) mass is 1060 g/mol. The number of benzene rings is 5. The Labute approximate surface area is 449 Å². The number of nitrogens with one attached hydrogen (secondary N) is 3. The summed E-state index contributed by atoms with van der Waals surface area (Å²) in [7, 11) is 0. The highest BCUT2D eigenvalue weighted by Crippen LogP contribution is 2.44. The predicted molar refractivity (Wildman–Crippen MR) is 297 cm³/mol. The first-order chi connectivity index (χ1) is 36.0. The molecule has 2 atom stereocenters. The standard InChI is InChI=1S/C57H57N7O8S3/c1-55(2,3)70-53(67)59-36-58-33-32-39-34-74-50-45(49(66)64(50)46(39)51(73)69-47(37-22-12-7-13-23-37)38-24-14-8-15-25-38)61-48(65)44(43-35-75-52(60-43)62-54(68)71-56(4,5)6)63-72-57(40-26-16-9-17-27-40,41-28-18-10-19-29-41)42-30-20-11-21-31-42/h7-31,35-36,45,47,50H,32-34H2,1-6H3,(H,61,65)(H,58,59,67)(H,60,62,68)/b63-44-/t45?,50-/m1/s1. The molecule has 386 valence electrons. The van der Waals surface area contributed by atoms with Crippen molar-refractivity contribution in [3.05, 3.63) is 202 Å². The average Bonchev–Trinajstić information content (AvgIpc) is 3.86. The Morgan fingerprint density at radius 3 is 1.79 bits per heavy atom. The van der Waals surface area contributed by atoms with Crippen LogP contribution in [0.4, 0.5) is 14.7 Å². The number of alkyl carbamates (subject to hydrolysis) is 1. The maximum absolute atomic E-state index is 15.0. The number of fused-ring (bicyclic) bond motifs is 1. The second-order valence-corrected chi connectivity index (χ2v) is 21.7. The molecule has 18 heteroatoms. The van der Waals surface area contributed by atoms with E-state index in [0.29, 0.717) is 17.9 Å². The Morgan fingerprint density at radius 2 is 1.27 bits per heavy atom. The van der Waals surface area contributed by atoms with Gasteiger partial charge in [0.1, 0.15) is 34.4 Å². The summed E-state index contributed by atoms with van der Waals surface area (Å²) in [5.74, 6) is -0.802. The molecular formula is C57H57N7O8S3. The number of anilines is 1. The van der Waals surface area contributed by atoms with Gasteiger partial charge in [0.15, 0.2) is 10.8 Å². The van der Waals surface area contributed by atoms with Gasteiger partial charge in [0.2, 0.25) is 10.7 Å². The fourth-order valence-electron chi connectivity index (χ4n) is 8.32. The Kier molecular flexibility index (Phi) is 16.9. The van der Waals surface area contributed by atoms with Gasteiger partial charge in [0.25, 0.3) is 11.8 Å². The van der Waals surface area contributed by atoms with E-state index in [9.17, 15) is 14.4 Å². The molecule has 2 aliphatic rings. The number of thiazole rings is 1. The number of ether oxygens (including phenoxy) is 3. The van der Waals surface area contributed by atoms with Crippen LogP contribution in [0.25, 0.3) is 0 Å². The minimum atomic E-state index is -1.38. The summed E-state index contributed by atoms with van der Waals surface area (Å²) >= 11 is 8.65. The normalized spacial score (nSPS) is 15.9. The predicted octanol–water partition coefficient (Wildman–Crippen LogP) is 10.9. The first kappa shape index (κ1) is 53.6. The van der Waals surface area contributed by atoms with Gasteiger partial charge in [-0.2, -0.15) is 0 Å².